The van der Waals surface area contributed by atoms with Crippen LogP contribution in [0.2, 0.25) is 0 Å². The molecule has 2 unspecified atom stereocenters. The van der Waals surface area contributed by atoms with Gasteiger partial charge in [-0.15, -0.1) is 0 Å². The Morgan fingerprint density at radius 1 is 0.429 bits per heavy atom. The number of hydrogen-bond donors (Lipinski definition) is 0. The van der Waals surface area contributed by atoms with Gasteiger partial charge in [0, 0.05) is 0 Å². The van der Waals surface area contributed by atoms with E-state index in [0.717, 1.165) is 11.8 Å². The van der Waals surface area contributed by atoms with Crippen molar-refractivity contribution < 1.29 is 0 Å². The summed E-state index contributed by atoms with van der Waals surface area (Å²) in [5.74, 6) is 1.92. The molecular weight excluding hydrogens is 252 g/mol. The van der Waals surface area contributed by atoms with Crippen molar-refractivity contribution >= 4 is 0 Å². The van der Waals surface area contributed by atoms with Gasteiger partial charge in [-0.25, -0.2) is 0 Å². The normalized spacial score (nSPS) is 14.3. The lowest BCUT2D eigenvalue weighted by atomic mass is 9.94. The highest BCUT2D eigenvalue weighted by atomic mass is 14.1. The fourth-order valence-corrected chi connectivity index (χ4v) is 3.39. The molecule has 0 spiro atoms. The Labute approximate surface area is 136 Å². The van der Waals surface area contributed by atoms with Crippen molar-refractivity contribution in [1.29, 1.82) is 0 Å². The zero-order valence-corrected chi connectivity index (χ0v) is 15.8. The van der Waals surface area contributed by atoms with Crippen LogP contribution in [-0.2, 0) is 0 Å². The number of rotatable bonds is 16. The van der Waals surface area contributed by atoms with E-state index in [2.05, 4.69) is 27.7 Å². The summed E-state index contributed by atoms with van der Waals surface area (Å²) in [4.78, 5) is 0. The Morgan fingerprint density at radius 2 is 0.810 bits per heavy atom. The van der Waals surface area contributed by atoms with E-state index in [0.29, 0.717) is 0 Å². The van der Waals surface area contributed by atoms with E-state index in [4.69, 9.17) is 0 Å². The number of hydrogen-bond acceptors (Lipinski definition) is 0. The summed E-state index contributed by atoms with van der Waals surface area (Å²) in [5, 5.41) is 0. The SMILES string of the molecule is CCCCCCCCCC(C)CCCCCC(C)CCC. The highest BCUT2D eigenvalue weighted by Gasteiger charge is 2.03. The molecule has 0 saturated heterocycles. The van der Waals surface area contributed by atoms with Crippen molar-refractivity contribution in [2.45, 2.75) is 124 Å². The van der Waals surface area contributed by atoms with E-state index < -0.39 is 0 Å². The summed E-state index contributed by atoms with van der Waals surface area (Å²) >= 11 is 0. The van der Waals surface area contributed by atoms with Crippen LogP contribution >= 0.6 is 0 Å². The smallest absolute Gasteiger partial charge is 0.0443 e. The van der Waals surface area contributed by atoms with Crippen molar-refractivity contribution in [3.63, 3.8) is 0 Å². The molecule has 0 aliphatic rings. The van der Waals surface area contributed by atoms with E-state index in [1.165, 1.54) is 96.3 Å². The minimum Gasteiger partial charge on any atom is -0.0654 e. The molecule has 0 rings (SSSR count). The van der Waals surface area contributed by atoms with Gasteiger partial charge < -0.3 is 0 Å². The van der Waals surface area contributed by atoms with Gasteiger partial charge in [0.15, 0.2) is 0 Å². The fraction of sp³-hybridized carbons (Fsp3) is 1.00. The van der Waals surface area contributed by atoms with Crippen LogP contribution in [0.5, 0.6) is 0 Å². The summed E-state index contributed by atoms with van der Waals surface area (Å²) in [6, 6.07) is 0. The molecule has 0 aromatic carbocycles. The van der Waals surface area contributed by atoms with E-state index in [1.54, 1.807) is 0 Å². The molecule has 21 heavy (non-hydrogen) atoms. The van der Waals surface area contributed by atoms with Gasteiger partial charge in [0.1, 0.15) is 0 Å². The Hall–Kier alpha value is 0. The van der Waals surface area contributed by atoms with Crippen LogP contribution in [0.4, 0.5) is 0 Å². The molecule has 0 fully saturated rings. The van der Waals surface area contributed by atoms with E-state index in [1.807, 2.05) is 0 Å². The van der Waals surface area contributed by atoms with Crippen molar-refractivity contribution in [2.75, 3.05) is 0 Å². The molecule has 0 aromatic rings. The predicted molar refractivity (Wildman–Crippen MR) is 98.9 cm³/mol. The minimum absolute atomic E-state index is 0.958. The molecule has 0 radical (unpaired) electrons. The van der Waals surface area contributed by atoms with E-state index in [-0.39, 0.29) is 0 Å². The van der Waals surface area contributed by atoms with E-state index >= 15 is 0 Å². The van der Waals surface area contributed by atoms with Crippen molar-refractivity contribution in [3.05, 3.63) is 0 Å². The van der Waals surface area contributed by atoms with Crippen LogP contribution in [0.25, 0.3) is 0 Å². The Balaban J connectivity index is 3.21. The summed E-state index contributed by atoms with van der Waals surface area (Å²) in [6.07, 6.45) is 21.7. The first-order valence-corrected chi connectivity index (χ1v) is 10.2. The first kappa shape index (κ1) is 21.0. The largest absolute Gasteiger partial charge is 0.0654 e. The predicted octanol–water partition coefficient (Wildman–Crippen LogP) is 8.15. The molecule has 0 N–H and O–H groups in total. The quantitative estimate of drug-likeness (QED) is 0.252. The van der Waals surface area contributed by atoms with E-state index in [9.17, 15) is 0 Å². The molecule has 0 saturated carbocycles. The van der Waals surface area contributed by atoms with Gasteiger partial charge >= 0.3 is 0 Å². The molecule has 0 nitrogen and oxygen atoms in total. The molecule has 0 amide bonds. The van der Waals surface area contributed by atoms with Crippen molar-refractivity contribution in [2.24, 2.45) is 11.8 Å². The zero-order valence-electron chi connectivity index (χ0n) is 15.8. The summed E-state index contributed by atoms with van der Waals surface area (Å²) in [5.41, 5.74) is 0. The van der Waals surface area contributed by atoms with Crippen molar-refractivity contribution in [1.82, 2.24) is 0 Å². The van der Waals surface area contributed by atoms with Gasteiger partial charge in [0.05, 0.1) is 0 Å². The van der Waals surface area contributed by atoms with Gasteiger partial charge in [-0.2, -0.15) is 0 Å². The third-order valence-electron chi connectivity index (χ3n) is 4.98. The minimum atomic E-state index is 0.958. The molecule has 0 aliphatic carbocycles. The molecule has 2 atom stereocenters. The van der Waals surface area contributed by atoms with Gasteiger partial charge in [-0.3, -0.25) is 0 Å². The Bertz CT molecular complexity index is 184. The second-order valence-electron chi connectivity index (χ2n) is 7.55. The topological polar surface area (TPSA) is 0 Å². The summed E-state index contributed by atoms with van der Waals surface area (Å²) in [7, 11) is 0. The molecule has 0 heterocycles. The first-order valence-electron chi connectivity index (χ1n) is 10.2. The Kier molecular flexibility index (Phi) is 16.4. The number of unbranched alkanes of at least 4 members (excludes halogenated alkanes) is 8. The second-order valence-corrected chi connectivity index (χ2v) is 7.55. The van der Waals surface area contributed by atoms with Gasteiger partial charge in [-0.05, 0) is 11.8 Å². The molecular formula is C21H44. The molecule has 0 aliphatic heterocycles. The molecule has 128 valence electrons. The van der Waals surface area contributed by atoms with Gasteiger partial charge in [0.2, 0.25) is 0 Å². The van der Waals surface area contributed by atoms with Crippen LogP contribution in [0.1, 0.15) is 124 Å². The third-order valence-corrected chi connectivity index (χ3v) is 4.98. The molecule has 0 bridgehead atoms. The average Bonchev–Trinajstić information content (AvgIpc) is 2.46. The van der Waals surface area contributed by atoms with Crippen LogP contribution in [-0.4, -0.2) is 0 Å². The van der Waals surface area contributed by atoms with Crippen molar-refractivity contribution in [3.8, 4) is 0 Å². The lowest BCUT2D eigenvalue weighted by Gasteiger charge is -2.12. The zero-order chi connectivity index (χ0) is 15.8. The second kappa shape index (κ2) is 16.4. The Morgan fingerprint density at radius 3 is 1.29 bits per heavy atom. The van der Waals surface area contributed by atoms with Crippen LogP contribution in [0.15, 0.2) is 0 Å². The third kappa shape index (κ3) is 16.2. The highest BCUT2D eigenvalue weighted by molar-refractivity contribution is 4.57. The van der Waals surface area contributed by atoms with Crippen LogP contribution in [0.3, 0.4) is 0 Å². The first-order chi connectivity index (χ1) is 10.2. The highest BCUT2D eigenvalue weighted by Crippen LogP contribution is 2.20. The fourth-order valence-electron chi connectivity index (χ4n) is 3.39. The monoisotopic (exact) mass is 296 g/mol. The molecule has 0 aromatic heterocycles. The average molecular weight is 297 g/mol. The summed E-state index contributed by atoms with van der Waals surface area (Å²) in [6.45, 7) is 9.50. The standard InChI is InChI=1S/C21H44/c1-5-7-8-9-10-11-13-18-21(4)19-15-12-14-17-20(3)16-6-2/h20-21H,5-19H2,1-4H3. The lowest BCUT2D eigenvalue weighted by molar-refractivity contribution is 0.414. The maximum atomic E-state index is 2.47. The van der Waals surface area contributed by atoms with Crippen LogP contribution in [0, 0.1) is 11.8 Å². The lowest BCUT2D eigenvalue weighted by Crippen LogP contribution is -1.97. The summed E-state index contributed by atoms with van der Waals surface area (Å²) < 4.78 is 0. The maximum Gasteiger partial charge on any atom is -0.0443 e. The van der Waals surface area contributed by atoms with Crippen LogP contribution < -0.4 is 0 Å². The molecule has 0 heteroatoms. The maximum absolute atomic E-state index is 2.47. The van der Waals surface area contributed by atoms with Gasteiger partial charge in [-0.1, -0.05) is 124 Å². The van der Waals surface area contributed by atoms with Gasteiger partial charge in [0.25, 0.3) is 0 Å².